The van der Waals surface area contributed by atoms with Gasteiger partial charge < -0.3 is 74.6 Å². The van der Waals surface area contributed by atoms with Crippen molar-refractivity contribution in [3.05, 3.63) is 0 Å². The molecule has 1 heterocycles. The van der Waals surface area contributed by atoms with Gasteiger partial charge in [-0.15, -0.1) is 0 Å². The molecule has 16 N–H and O–H groups in total. The summed E-state index contributed by atoms with van der Waals surface area (Å²) in [5.41, 5.74) is 16.7. The summed E-state index contributed by atoms with van der Waals surface area (Å²) in [5.74, 6) is -9.16. The standard InChI is InChI=1S/C43H78N12O12/c1-11-23(8)33(54-35(59)27(18-20(2)3)50-38(62)30(44)25(10)57)40(64)51-28(19-56)36(60)49-26(14-12-16-47-43(45)46)34(58)48-24(9)41(65)55-17-13-15-29(55)37(61)52-31(21(4)5)39(63)53-32(22(6)7)42(66)67/h20-33,56-57H,11-19,44H2,1-10H3,(H,48,58)(H,49,60)(H,50,62)(H,51,64)(H,52,61)(H,53,63)(H,54,59)(H,66,67)(H4,45,46,47). The van der Waals surface area contributed by atoms with E-state index in [2.05, 4.69) is 42.2 Å². The average Bonchev–Trinajstić information content (AvgIpc) is 3.74. The monoisotopic (exact) mass is 955 g/mol. The molecule has 0 aromatic heterocycles. The minimum atomic E-state index is -1.64. The zero-order valence-electron chi connectivity index (χ0n) is 40.6. The third-order valence-electron chi connectivity index (χ3n) is 11.4. The molecule has 1 rings (SSSR count). The van der Waals surface area contributed by atoms with E-state index < -0.39 is 138 Å². The van der Waals surface area contributed by atoms with E-state index >= 15 is 0 Å². The van der Waals surface area contributed by atoms with Crippen molar-refractivity contribution in [1.82, 2.24) is 42.1 Å². The number of hydrogen-bond donors (Lipinski definition) is 13. The summed E-state index contributed by atoms with van der Waals surface area (Å²) in [5, 5.41) is 47.5. The molecule has 0 radical (unpaired) electrons. The van der Waals surface area contributed by atoms with Crippen molar-refractivity contribution in [3.63, 3.8) is 0 Å². The molecule has 24 heteroatoms. The van der Waals surface area contributed by atoms with Crippen LogP contribution < -0.4 is 54.4 Å². The van der Waals surface area contributed by atoms with Crippen molar-refractivity contribution >= 4 is 59.2 Å². The predicted molar refractivity (Wildman–Crippen MR) is 247 cm³/mol. The van der Waals surface area contributed by atoms with Gasteiger partial charge in [0, 0.05) is 13.1 Å². The normalized spacial score (nSPS) is 18.1. The summed E-state index contributed by atoms with van der Waals surface area (Å²) in [6.45, 7) is 15.6. The maximum atomic E-state index is 13.8. The predicted octanol–water partition coefficient (Wildman–Crippen LogP) is -3.37. The van der Waals surface area contributed by atoms with Crippen LogP contribution in [0, 0.1) is 23.7 Å². The van der Waals surface area contributed by atoms with E-state index in [1.54, 1.807) is 41.5 Å². The lowest BCUT2D eigenvalue weighted by Gasteiger charge is -2.31. The molecule has 1 saturated heterocycles. The van der Waals surface area contributed by atoms with Crippen LogP contribution in [-0.4, -0.2) is 160 Å². The van der Waals surface area contributed by atoms with E-state index in [1.807, 2.05) is 13.8 Å². The largest absolute Gasteiger partial charge is 0.480 e. The van der Waals surface area contributed by atoms with Crippen LogP contribution in [-0.2, 0) is 43.2 Å². The Bertz CT molecular complexity index is 1740. The first-order valence-electron chi connectivity index (χ1n) is 22.9. The summed E-state index contributed by atoms with van der Waals surface area (Å²) in [4.78, 5) is 125. The molecular formula is C43H78N12O12. The lowest BCUT2D eigenvalue weighted by molar-refractivity contribution is -0.144. The number of carbonyl (C=O) groups excluding carboxylic acids is 8. The number of rotatable bonds is 28. The molecule has 1 fully saturated rings. The highest BCUT2D eigenvalue weighted by molar-refractivity contribution is 5.98. The maximum absolute atomic E-state index is 13.8. The van der Waals surface area contributed by atoms with Crippen molar-refractivity contribution in [2.24, 2.45) is 45.9 Å². The van der Waals surface area contributed by atoms with Crippen LogP contribution in [0.15, 0.2) is 4.99 Å². The van der Waals surface area contributed by atoms with Crippen LogP contribution in [0.4, 0.5) is 0 Å². The van der Waals surface area contributed by atoms with E-state index in [4.69, 9.17) is 17.2 Å². The maximum Gasteiger partial charge on any atom is 0.326 e. The van der Waals surface area contributed by atoms with Crippen LogP contribution >= 0.6 is 0 Å². The van der Waals surface area contributed by atoms with Gasteiger partial charge in [0.1, 0.15) is 54.4 Å². The van der Waals surface area contributed by atoms with Crippen LogP contribution in [0.5, 0.6) is 0 Å². The Hall–Kier alpha value is -5.62. The van der Waals surface area contributed by atoms with E-state index in [0.29, 0.717) is 12.8 Å². The van der Waals surface area contributed by atoms with E-state index in [9.17, 15) is 58.5 Å². The molecule has 0 saturated carbocycles. The lowest BCUT2D eigenvalue weighted by atomic mass is 9.96. The quantitative estimate of drug-likeness (QED) is 0.0207. The van der Waals surface area contributed by atoms with Gasteiger partial charge in [-0.3, -0.25) is 43.3 Å². The number of guanidine groups is 1. The minimum Gasteiger partial charge on any atom is -0.480 e. The van der Waals surface area contributed by atoms with Crippen molar-refractivity contribution in [2.75, 3.05) is 19.7 Å². The number of amides is 8. The van der Waals surface area contributed by atoms with Gasteiger partial charge in [0.25, 0.3) is 0 Å². The van der Waals surface area contributed by atoms with Crippen molar-refractivity contribution in [3.8, 4) is 0 Å². The molecular weight excluding hydrogens is 877 g/mol. The number of carbonyl (C=O) groups is 9. The molecule has 1 aliphatic rings. The highest BCUT2D eigenvalue weighted by Crippen LogP contribution is 2.20. The first-order valence-corrected chi connectivity index (χ1v) is 22.9. The number of carboxylic acid groups (broad SMARTS) is 1. The number of nitrogens with two attached hydrogens (primary N) is 3. The zero-order chi connectivity index (χ0) is 51.5. The number of aliphatic hydroxyl groups is 2. The van der Waals surface area contributed by atoms with E-state index in [0.717, 1.165) is 0 Å². The number of likely N-dealkylation sites (tertiary alicyclic amines) is 1. The van der Waals surface area contributed by atoms with Gasteiger partial charge in [-0.2, -0.15) is 0 Å². The minimum absolute atomic E-state index is 0.0462. The van der Waals surface area contributed by atoms with Gasteiger partial charge in [-0.05, 0) is 69.6 Å². The number of hydrogen-bond acceptors (Lipinski definition) is 13. The van der Waals surface area contributed by atoms with Crippen LogP contribution in [0.25, 0.3) is 0 Å². The van der Waals surface area contributed by atoms with Gasteiger partial charge in [0.2, 0.25) is 47.3 Å². The molecule has 0 spiro atoms. The van der Waals surface area contributed by atoms with Crippen LogP contribution in [0.2, 0.25) is 0 Å². The van der Waals surface area contributed by atoms with Crippen LogP contribution in [0.3, 0.4) is 0 Å². The van der Waals surface area contributed by atoms with Gasteiger partial charge in [-0.25, -0.2) is 4.79 Å². The zero-order valence-corrected chi connectivity index (χ0v) is 40.6. The van der Waals surface area contributed by atoms with Gasteiger partial charge in [0.15, 0.2) is 5.96 Å². The molecule has 1 aliphatic heterocycles. The molecule has 0 aromatic carbocycles. The molecule has 67 heavy (non-hydrogen) atoms. The fourth-order valence-electron chi connectivity index (χ4n) is 7.11. The molecule has 8 amide bonds. The Morgan fingerprint density at radius 3 is 1.72 bits per heavy atom. The number of aliphatic carboxylic acids is 1. The van der Waals surface area contributed by atoms with Gasteiger partial charge in [-0.1, -0.05) is 61.8 Å². The first kappa shape index (κ1) is 59.4. The number of aliphatic hydroxyl groups excluding tert-OH is 2. The molecule has 0 aromatic rings. The Morgan fingerprint density at radius 1 is 0.687 bits per heavy atom. The SMILES string of the molecule is CCC(C)C(NC(=O)C(CC(C)C)NC(=O)C(N)C(C)O)C(=O)NC(CO)C(=O)NC(CCCN=C(N)N)C(=O)NC(C)C(=O)N1CCCC1C(=O)NC(C(=O)NC(C(=O)O)C(C)C)C(C)C. The Labute approximate surface area is 392 Å². The fourth-order valence-corrected chi connectivity index (χ4v) is 7.11. The second-order valence-corrected chi connectivity index (χ2v) is 18.3. The van der Waals surface area contributed by atoms with Gasteiger partial charge in [0.05, 0.1) is 12.7 Å². The second-order valence-electron chi connectivity index (χ2n) is 18.3. The van der Waals surface area contributed by atoms with Crippen LogP contribution in [0.1, 0.15) is 108 Å². The lowest BCUT2D eigenvalue weighted by Crippen LogP contribution is -2.61. The molecule has 382 valence electrons. The third kappa shape index (κ3) is 19.3. The summed E-state index contributed by atoms with van der Waals surface area (Å²) in [7, 11) is 0. The number of aliphatic imine (C=N–C) groups is 1. The summed E-state index contributed by atoms with van der Waals surface area (Å²) in [6, 6.07) is -11.3. The smallest absolute Gasteiger partial charge is 0.326 e. The Balaban J connectivity index is 3.26. The summed E-state index contributed by atoms with van der Waals surface area (Å²) < 4.78 is 0. The summed E-state index contributed by atoms with van der Waals surface area (Å²) >= 11 is 0. The first-order chi connectivity index (χ1) is 31.2. The number of nitrogens with one attached hydrogen (secondary N) is 7. The molecule has 0 bridgehead atoms. The second kappa shape index (κ2) is 28.5. The van der Waals surface area contributed by atoms with E-state index in [-0.39, 0.29) is 50.7 Å². The molecule has 24 nitrogen and oxygen atoms in total. The third-order valence-corrected chi connectivity index (χ3v) is 11.4. The topological polar surface area (TPSA) is 392 Å². The van der Waals surface area contributed by atoms with Crippen molar-refractivity contribution in [2.45, 2.75) is 168 Å². The summed E-state index contributed by atoms with van der Waals surface area (Å²) in [6.07, 6.45) is 0.0504. The van der Waals surface area contributed by atoms with Crippen molar-refractivity contribution in [1.29, 1.82) is 0 Å². The van der Waals surface area contributed by atoms with Gasteiger partial charge >= 0.3 is 5.97 Å². The molecule has 0 aliphatic carbocycles. The Morgan fingerprint density at radius 2 is 1.21 bits per heavy atom. The van der Waals surface area contributed by atoms with E-state index in [1.165, 1.54) is 18.7 Å². The van der Waals surface area contributed by atoms with Crippen molar-refractivity contribution < 1.29 is 58.5 Å². The Kier molecular flexibility index (Phi) is 25.3. The number of nitrogens with zero attached hydrogens (tertiary/aromatic N) is 2. The average molecular weight is 955 g/mol. The number of carboxylic acids is 1. The highest BCUT2D eigenvalue weighted by atomic mass is 16.4. The fraction of sp³-hybridized carbons (Fsp3) is 0.767. The highest BCUT2D eigenvalue weighted by Gasteiger charge is 2.40. The molecule has 11 unspecified atom stereocenters. The molecule has 11 atom stereocenters.